The lowest BCUT2D eigenvalue weighted by Crippen LogP contribution is -2.65. The topological polar surface area (TPSA) is 355 Å². The molecular weight excluding hydrogens is 1060 g/mol. The maximum absolute atomic E-state index is 14.9. The molecule has 82 heavy (non-hydrogen) atoms. The number of allylic oxidation sites excluding steroid dienone is 1. The number of phenols is 1. The highest BCUT2D eigenvalue weighted by atomic mass is 16.5. The number of ketones is 6. The fraction of sp³-hybridized carbons (Fsp3) is 0.417. The zero-order valence-corrected chi connectivity index (χ0v) is 45.8. The Morgan fingerprint density at radius 2 is 1.34 bits per heavy atom. The van der Waals surface area contributed by atoms with Gasteiger partial charge in [0.15, 0.2) is 29.1 Å². The number of amides is 2. The van der Waals surface area contributed by atoms with E-state index in [4.69, 9.17) is 20.9 Å². The molecule has 430 valence electrons. The summed E-state index contributed by atoms with van der Waals surface area (Å²) >= 11 is 0. The van der Waals surface area contributed by atoms with E-state index in [-0.39, 0.29) is 76.7 Å². The second-order valence-corrected chi connectivity index (χ2v) is 22.9. The molecule has 1 heterocycles. The van der Waals surface area contributed by atoms with Crippen LogP contribution in [0.1, 0.15) is 70.8 Å². The van der Waals surface area contributed by atoms with Gasteiger partial charge in [-0.05, 0) is 150 Å². The number of piperidine rings is 1. The molecule has 0 bridgehead atoms. The van der Waals surface area contributed by atoms with Crippen LogP contribution in [-0.2, 0) is 62.5 Å². The number of aromatic hydroxyl groups is 1. The van der Waals surface area contributed by atoms with Crippen molar-refractivity contribution in [3.8, 4) is 22.6 Å². The highest BCUT2D eigenvalue weighted by molar-refractivity contribution is 6.45. The van der Waals surface area contributed by atoms with Crippen molar-refractivity contribution >= 4 is 64.0 Å². The van der Waals surface area contributed by atoms with Gasteiger partial charge in [0.05, 0.1) is 42.2 Å². The summed E-state index contributed by atoms with van der Waals surface area (Å²) in [5.41, 5.74) is 7.77. The van der Waals surface area contributed by atoms with Gasteiger partial charge >= 0.3 is 5.97 Å². The number of phenolic OH excluding ortho intramolecular Hbond substituents is 1. The number of rotatable bonds is 13. The molecule has 9 atom stereocenters. The number of nitrogens with two attached hydrogens (primary N) is 2. The lowest BCUT2D eigenvalue weighted by atomic mass is 9.57. The molecule has 1 aliphatic heterocycles. The minimum atomic E-state index is -2.90. The number of aliphatic hydroxyl groups is 5. The predicted molar refractivity (Wildman–Crippen MR) is 290 cm³/mol. The number of primary amides is 2. The Balaban J connectivity index is 1.00. The van der Waals surface area contributed by atoms with E-state index >= 15 is 0 Å². The van der Waals surface area contributed by atoms with Gasteiger partial charge in [-0.1, -0.05) is 30.3 Å². The van der Waals surface area contributed by atoms with Crippen molar-refractivity contribution in [3.63, 3.8) is 0 Å². The van der Waals surface area contributed by atoms with Crippen LogP contribution in [0.25, 0.3) is 22.6 Å². The first-order valence-electron chi connectivity index (χ1n) is 27.0. The number of likely N-dealkylation sites (tertiary alicyclic amines) is 1. The Bertz CT molecular complexity index is 3510. The van der Waals surface area contributed by atoms with Crippen LogP contribution in [0.15, 0.2) is 82.3 Å². The number of Topliss-reactive ketones (excluding diaryl/α,β-unsaturated/α-hetero) is 6. The summed E-state index contributed by atoms with van der Waals surface area (Å²) in [6.45, 7) is 3.22. The third-order valence-electron chi connectivity index (χ3n) is 18.0. The van der Waals surface area contributed by atoms with Crippen molar-refractivity contribution in [1.29, 1.82) is 0 Å². The van der Waals surface area contributed by atoms with Gasteiger partial charge < -0.3 is 51.6 Å². The number of fused-ring (bicyclic) bond motifs is 6. The third-order valence-corrected chi connectivity index (χ3v) is 18.0. The maximum atomic E-state index is 14.9. The molecule has 3 aromatic rings. The van der Waals surface area contributed by atoms with Crippen molar-refractivity contribution in [3.05, 3.63) is 116 Å². The molecule has 3 unspecified atom stereocenters. The van der Waals surface area contributed by atoms with E-state index in [2.05, 4.69) is 4.90 Å². The highest BCUT2D eigenvalue weighted by Crippen LogP contribution is 2.55. The van der Waals surface area contributed by atoms with Crippen LogP contribution in [0, 0.1) is 35.5 Å². The summed E-state index contributed by atoms with van der Waals surface area (Å²) < 4.78 is 11.3. The smallest absolute Gasteiger partial charge is 0.308 e. The first-order chi connectivity index (χ1) is 38.7. The minimum Gasteiger partial charge on any atom is -0.510 e. The van der Waals surface area contributed by atoms with Crippen molar-refractivity contribution in [1.82, 2.24) is 14.7 Å². The third kappa shape index (κ3) is 8.81. The lowest BCUT2D eigenvalue weighted by molar-refractivity contribution is -0.154. The number of benzene rings is 3. The van der Waals surface area contributed by atoms with Gasteiger partial charge in [0.1, 0.15) is 45.7 Å². The number of ether oxygens (including phenoxy) is 2. The first kappa shape index (κ1) is 56.9. The molecule has 3 fully saturated rings. The predicted octanol–water partition coefficient (Wildman–Crippen LogP) is 2.69. The van der Waals surface area contributed by atoms with E-state index in [1.54, 1.807) is 20.2 Å². The number of hydrogen-bond acceptors (Lipinski definition) is 20. The van der Waals surface area contributed by atoms with Crippen LogP contribution in [0.3, 0.4) is 0 Å². The largest absolute Gasteiger partial charge is 0.510 e. The zero-order valence-electron chi connectivity index (χ0n) is 45.8. The Hall–Kier alpha value is -8.31. The number of hydrogen-bond donors (Lipinski definition) is 8. The van der Waals surface area contributed by atoms with Gasteiger partial charge in [-0.3, -0.25) is 57.9 Å². The van der Waals surface area contributed by atoms with Gasteiger partial charge in [0.2, 0.25) is 17.3 Å². The number of methoxy groups -OCH3 is 1. The molecule has 10 N–H and O–H groups in total. The Morgan fingerprint density at radius 1 is 0.732 bits per heavy atom. The molecule has 0 aromatic heterocycles. The van der Waals surface area contributed by atoms with Crippen LogP contribution in [0.5, 0.6) is 11.5 Å². The number of esters is 1. The van der Waals surface area contributed by atoms with Crippen LogP contribution in [0.2, 0.25) is 0 Å². The van der Waals surface area contributed by atoms with E-state index in [1.165, 1.54) is 50.1 Å². The van der Waals surface area contributed by atoms with E-state index in [1.807, 2.05) is 24.3 Å². The van der Waals surface area contributed by atoms with Gasteiger partial charge in [-0.15, -0.1) is 0 Å². The van der Waals surface area contributed by atoms with Crippen LogP contribution < -0.4 is 16.2 Å². The standard InChI is InChI=1S/C60H63N5O17/c1-24(47(67)48(68)31-11-13-36(66)40-33(31)19-28-21-34-42(50(70)38(28)49(40)69)52(72)43(57(61)77)53(73)45(34)63(2)3)82-37-14-12-30(26-9-7-25(8-10-26)23-65-17-15-27(16-18-65)59(79)81-6)32-20-29-22-35-46(64(4)5)54(74)44(58(62)78)56(76)60(35,80)55(75)39(29)51(71)41(32)37/h7-14,24,27-29,34-35,42,45-46,66,69,71,73,76,80H,15-23H2,1-6H3,(H2,61,77)(H2,62,78)/t24?,28-,29-,34+,35-,42?,45?,46-,60-/m1/s1. The molecular formula is C60H63N5O17. The highest BCUT2D eigenvalue weighted by Gasteiger charge is 2.64. The molecule has 2 amide bonds. The number of likely N-dealkylation sites (N-methyl/N-ethyl adjacent to an activating group) is 2. The molecule has 22 nitrogen and oxygen atoms in total. The van der Waals surface area contributed by atoms with Crippen LogP contribution >= 0.6 is 0 Å². The average molecular weight is 1130 g/mol. The normalized spacial score (nSPS) is 26.9. The fourth-order valence-electron chi connectivity index (χ4n) is 14.2. The van der Waals surface area contributed by atoms with Crippen molar-refractivity contribution < 1.29 is 83.3 Å². The number of aliphatic hydroxyl groups excluding tert-OH is 4. The molecule has 1 saturated heterocycles. The molecule has 0 spiro atoms. The summed E-state index contributed by atoms with van der Waals surface area (Å²) in [6, 6.07) is 10.6. The molecule has 7 aliphatic rings. The molecule has 10 rings (SSSR count). The summed E-state index contributed by atoms with van der Waals surface area (Å²) in [6.07, 6.45) is -0.761. The Labute approximate surface area is 469 Å². The fourth-order valence-corrected chi connectivity index (χ4v) is 14.2. The zero-order chi connectivity index (χ0) is 59.5. The Kier molecular flexibility index (Phi) is 14.5. The number of nitrogens with zero attached hydrogens (tertiary/aromatic N) is 3. The maximum Gasteiger partial charge on any atom is 0.308 e. The number of carbonyl (C=O) groups is 9. The monoisotopic (exact) mass is 1130 g/mol. The van der Waals surface area contributed by atoms with Crippen molar-refractivity contribution in [2.75, 3.05) is 48.4 Å². The van der Waals surface area contributed by atoms with Gasteiger partial charge in [0, 0.05) is 29.2 Å². The lowest BCUT2D eigenvalue weighted by Gasteiger charge is -2.50. The summed E-state index contributed by atoms with van der Waals surface area (Å²) in [4.78, 5) is 128. The van der Waals surface area contributed by atoms with Crippen LogP contribution in [0.4, 0.5) is 0 Å². The quantitative estimate of drug-likeness (QED) is 0.0401. The summed E-state index contributed by atoms with van der Waals surface area (Å²) in [5.74, 6) is -18.9. The first-order valence-corrected chi connectivity index (χ1v) is 27.0. The number of carbonyl (C=O) groups excluding carboxylic acids is 9. The average Bonchev–Trinajstić information content (AvgIpc) is 0.960. The molecule has 3 aromatic carbocycles. The summed E-state index contributed by atoms with van der Waals surface area (Å²) in [7, 11) is 7.53. The second-order valence-electron chi connectivity index (χ2n) is 22.9. The molecule has 2 saturated carbocycles. The minimum absolute atomic E-state index is 0.00163. The van der Waals surface area contributed by atoms with E-state index < -0.39 is 140 Å². The second kappa shape index (κ2) is 20.9. The van der Waals surface area contributed by atoms with E-state index in [0.29, 0.717) is 49.2 Å². The van der Waals surface area contributed by atoms with Gasteiger partial charge in [-0.25, -0.2) is 0 Å². The Morgan fingerprint density at radius 3 is 1.95 bits per heavy atom. The molecule has 22 heteroatoms. The van der Waals surface area contributed by atoms with Gasteiger partial charge in [0.25, 0.3) is 11.8 Å². The van der Waals surface area contributed by atoms with Crippen molar-refractivity contribution in [2.45, 2.75) is 75.8 Å². The van der Waals surface area contributed by atoms with Crippen LogP contribution in [-0.4, -0.2) is 170 Å². The van der Waals surface area contributed by atoms with Crippen molar-refractivity contribution in [2.24, 2.45) is 47.0 Å². The summed E-state index contributed by atoms with van der Waals surface area (Å²) in [5, 5.41) is 70.7. The molecule has 0 radical (unpaired) electrons. The van der Waals surface area contributed by atoms with Gasteiger partial charge in [-0.2, -0.15) is 0 Å². The van der Waals surface area contributed by atoms with E-state index in [0.717, 1.165) is 11.6 Å². The van der Waals surface area contributed by atoms with E-state index in [9.17, 15) is 73.8 Å². The molecule has 6 aliphatic carbocycles. The SMILES string of the molecule is COC(=O)C1CCN(Cc2ccc(-c3ccc(OC(C)C(=O)C(=O)c4ccc(O)c5c4C[C@@H]4C[C@H]6C(C(=O)C(C(N)=O)=C(O)C6N(C)C)C(=O)C4=C5O)c4c3C[C@@H]3C[C@@H]5[C@@H](N(C)C)C(=O)C(C(N)=O)=C(O)[C@]5(O)C(=O)C3=C4O)cc2)CC1.